The Kier molecular flexibility index (Phi) is 4.73. The molecule has 2 aliphatic rings. The number of hydrogen-bond donors (Lipinski definition) is 4. The van der Waals surface area contributed by atoms with Crippen LogP contribution in [-0.4, -0.2) is 41.0 Å². The highest BCUT2D eigenvalue weighted by Gasteiger charge is 2.32. The first-order chi connectivity index (χ1) is 13.8. The zero-order valence-corrected chi connectivity index (χ0v) is 16.4. The van der Waals surface area contributed by atoms with Crippen LogP contribution >= 0.6 is 0 Å². The van der Waals surface area contributed by atoms with E-state index in [4.69, 9.17) is 17.3 Å². The zero-order chi connectivity index (χ0) is 20.9. The maximum atomic E-state index is 12.7. The number of amides is 2. The lowest BCUT2D eigenvalue weighted by Crippen LogP contribution is -2.45. The molecule has 1 aromatic carbocycles. The van der Waals surface area contributed by atoms with E-state index in [0.717, 1.165) is 43.6 Å². The van der Waals surface area contributed by atoms with E-state index in [1.54, 1.807) is 10.6 Å². The monoisotopic (exact) mass is 401 g/mol. The molecule has 0 bridgehead atoms. The fraction of sp³-hybridized carbons (Fsp3) is 0.526. The van der Waals surface area contributed by atoms with Gasteiger partial charge >= 0.3 is 11.7 Å². The second-order valence-electron chi connectivity index (χ2n) is 8.07. The first kappa shape index (κ1) is 19.3. The zero-order valence-electron chi connectivity index (χ0n) is 16.4. The van der Waals surface area contributed by atoms with Crippen LogP contribution < -0.4 is 38.8 Å². The molecule has 7 N–H and O–H groups in total. The van der Waals surface area contributed by atoms with Gasteiger partial charge in [0.15, 0.2) is 0 Å². The Bertz CT molecular complexity index is 1090. The number of hydrogen-bond acceptors (Lipinski definition) is 6. The minimum Gasteiger partial charge on any atom is -0.371 e. The highest BCUT2D eigenvalue weighted by molar-refractivity contribution is 5.87. The third kappa shape index (κ3) is 3.33. The largest absolute Gasteiger partial charge is 0.371 e. The molecule has 0 radical (unpaired) electrons. The van der Waals surface area contributed by atoms with Crippen molar-refractivity contribution in [1.29, 1.82) is 0 Å². The average molecular weight is 401 g/mol. The van der Waals surface area contributed by atoms with E-state index in [1.807, 2.05) is 13.0 Å². The molecule has 2 fully saturated rings. The van der Waals surface area contributed by atoms with Crippen LogP contribution in [0, 0.1) is 12.8 Å². The molecule has 1 aromatic heterocycles. The fourth-order valence-corrected chi connectivity index (χ4v) is 4.36. The first-order valence-corrected chi connectivity index (χ1v) is 9.89. The predicted molar refractivity (Wildman–Crippen MR) is 112 cm³/mol. The Morgan fingerprint density at radius 3 is 2.66 bits per heavy atom. The normalized spacial score (nSPS) is 20.2. The summed E-state index contributed by atoms with van der Waals surface area (Å²) >= 11 is 0. The summed E-state index contributed by atoms with van der Waals surface area (Å²) in [5.41, 5.74) is 13.0. The number of urea groups is 1. The minimum absolute atomic E-state index is 0.0916. The van der Waals surface area contributed by atoms with Crippen molar-refractivity contribution in [2.24, 2.45) is 17.4 Å². The summed E-state index contributed by atoms with van der Waals surface area (Å²) in [7, 11) is 0. The van der Waals surface area contributed by atoms with E-state index >= 15 is 0 Å². The van der Waals surface area contributed by atoms with Gasteiger partial charge in [-0.2, -0.15) is 4.68 Å². The van der Waals surface area contributed by atoms with Gasteiger partial charge in [0, 0.05) is 37.4 Å². The third-order valence-electron chi connectivity index (χ3n) is 6.10. The number of nitrogens with two attached hydrogens (primary N) is 3. The Labute approximate surface area is 167 Å². The van der Waals surface area contributed by atoms with Gasteiger partial charge in [-0.1, -0.05) is 0 Å². The van der Waals surface area contributed by atoms with Crippen LogP contribution in [0.5, 0.6) is 0 Å². The summed E-state index contributed by atoms with van der Waals surface area (Å²) in [5.74, 6) is 5.94. The van der Waals surface area contributed by atoms with Crippen LogP contribution in [-0.2, 0) is 0 Å². The molecule has 1 aliphatic carbocycles. The number of aryl methyl sites for hydroxylation is 1. The predicted octanol–water partition coefficient (Wildman–Crippen LogP) is -0.658. The number of aromatic nitrogens is 2. The van der Waals surface area contributed by atoms with E-state index in [9.17, 15) is 14.4 Å². The minimum atomic E-state index is -0.579. The summed E-state index contributed by atoms with van der Waals surface area (Å²) in [4.78, 5) is 38.4. The van der Waals surface area contributed by atoms with Crippen molar-refractivity contribution in [1.82, 2.24) is 14.6 Å². The maximum Gasteiger partial charge on any atom is 0.350 e. The number of nitrogen functional groups attached to an aromatic ring is 1. The summed E-state index contributed by atoms with van der Waals surface area (Å²) in [5, 5.41) is 3.02. The third-order valence-corrected chi connectivity index (χ3v) is 6.10. The first-order valence-electron chi connectivity index (χ1n) is 9.89. The summed E-state index contributed by atoms with van der Waals surface area (Å²) in [6.07, 6.45) is 2.70. The van der Waals surface area contributed by atoms with Crippen molar-refractivity contribution in [3.63, 3.8) is 0 Å². The molecule has 1 aliphatic heterocycles. The van der Waals surface area contributed by atoms with E-state index in [-0.39, 0.29) is 18.0 Å². The van der Waals surface area contributed by atoms with Gasteiger partial charge in [-0.15, -0.1) is 0 Å². The smallest absolute Gasteiger partial charge is 0.350 e. The topological polar surface area (TPSA) is 154 Å². The fourth-order valence-electron chi connectivity index (χ4n) is 4.36. The van der Waals surface area contributed by atoms with Crippen LogP contribution in [0.2, 0.25) is 0 Å². The summed E-state index contributed by atoms with van der Waals surface area (Å²) in [6, 6.07) is 2.99. The summed E-state index contributed by atoms with van der Waals surface area (Å²) in [6.45, 7) is 3.82. The lowest BCUT2D eigenvalue weighted by Gasteiger charge is -2.25. The highest BCUT2D eigenvalue weighted by atomic mass is 16.2. The highest BCUT2D eigenvalue weighted by Crippen LogP contribution is 2.38. The number of anilines is 1. The van der Waals surface area contributed by atoms with E-state index in [1.165, 1.54) is 0 Å². The van der Waals surface area contributed by atoms with E-state index in [0.29, 0.717) is 22.1 Å². The van der Waals surface area contributed by atoms with Crippen molar-refractivity contribution in [3.8, 4) is 0 Å². The second-order valence-corrected chi connectivity index (χ2v) is 8.07. The standard InChI is InChI=1S/C19H27N7O3/c1-10-15(24-7-6-11(9-24)14(20)8-23-18(21)28)5-4-13-16(10)25(12-2-3-12)19(29)26(22)17(13)27/h4-5,11-12,14H,2-3,6-9,20,22H2,1H3,(H3,21,23,28)/t11-,14+/m1/s1. The van der Waals surface area contributed by atoms with Gasteiger partial charge in [0.25, 0.3) is 5.56 Å². The number of rotatable bonds is 5. The van der Waals surface area contributed by atoms with Crippen LogP contribution in [0.3, 0.4) is 0 Å². The van der Waals surface area contributed by atoms with Gasteiger partial charge in [-0.25, -0.2) is 9.59 Å². The number of benzene rings is 1. The summed E-state index contributed by atoms with van der Waals surface area (Å²) < 4.78 is 2.38. The van der Waals surface area contributed by atoms with Crippen molar-refractivity contribution in [2.45, 2.75) is 38.3 Å². The molecule has 1 saturated heterocycles. The molecule has 10 nitrogen and oxygen atoms in total. The van der Waals surface area contributed by atoms with Crippen molar-refractivity contribution >= 4 is 22.6 Å². The van der Waals surface area contributed by atoms with Gasteiger partial charge in [0.2, 0.25) is 0 Å². The number of fused-ring (bicyclic) bond motifs is 1. The molecular weight excluding hydrogens is 374 g/mol. The molecule has 2 atom stereocenters. The Morgan fingerprint density at radius 1 is 1.28 bits per heavy atom. The molecule has 156 valence electrons. The second kappa shape index (κ2) is 7.11. The van der Waals surface area contributed by atoms with E-state index in [2.05, 4.69) is 10.2 Å². The van der Waals surface area contributed by atoms with Gasteiger partial charge in [0.05, 0.1) is 10.9 Å². The van der Waals surface area contributed by atoms with Crippen molar-refractivity contribution in [3.05, 3.63) is 38.5 Å². The Hall–Kier alpha value is -3.01. The number of nitrogens with zero attached hydrogens (tertiary/aromatic N) is 3. The van der Waals surface area contributed by atoms with Gasteiger partial charge in [-0.05, 0) is 49.8 Å². The quantitative estimate of drug-likeness (QED) is 0.488. The Balaban J connectivity index is 1.69. The Morgan fingerprint density at radius 2 is 2.00 bits per heavy atom. The van der Waals surface area contributed by atoms with Crippen LogP contribution in [0.1, 0.15) is 30.9 Å². The molecule has 2 amide bonds. The molecule has 2 heterocycles. The lowest BCUT2D eigenvalue weighted by atomic mass is 10.00. The SMILES string of the molecule is Cc1c(N2CC[C@@H]([C@@H](N)CNC(N)=O)C2)ccc2c(=O)n(N)c(=O)n(C3CC3)c12. The van der Waals surface area contributed by atoms with E-state index < -0.39 is 17.3 Å². The van der Waals surface area contributed by atoms with Crippen LogP contribution in [0.15, 0.2) is 21.7 Å². The van der Waals surface area contributed by atoms with Crippen LogP contribution in [0.4, 0.5) is 10.5 Å². The number of carbonyl (C=O) groups is 1. The molecule has 2 aromatic rings. The van der Waals surface area contributed by atoms with Crippen LogP contribution in [0.25, 0.3) is 10.9 Å². The number of nitrogens with one attached hydrogen (secondary N) is 1. The van der Waals surface area contributed by atoms with Gasteiger partial charge < -0.3 is 27.5 Å². The average Bonchev–Trinajstić information content (AvgIpc) is 3.40. The maximum absolute atomic E-state index is 12.7. The molecule has 10 heteroatoms. The molecule has 0 spiro atoms. The number of carbonyl (C=O) groups excluding carboxylic acids is 1. The number of primary amides is 1. The van der Waals surface area contributed by atoms with Crippen molar-refractivity contribution in [2.75, 3.05) is 30.4 Å². The molecule has 0 unspecified atom stereocenters. The molecular formula is C19H27N7O3. The lowest BCUT2D eigenvalue weighted by molar-refractivity contribution is 0.247. The molecule has 1 saturated carbocycles. The van der Waals surface area contributed by atoms with Crippen molar-refractivity contribution < 1.29 is 4.79 Å². The van der Waals surface area contributed by atoms with Gasteiger partial charge in [-0.3, -0.25) is 9.36 Å². The molecule has 4 rings (SSSR count). The van der Waals surface area contributed by atoms with Gasteiger partial charge in [0.1, 0.15) is 0 Å². The molecule has 29 heavy (non-hydrogen) atoms.